The molecule has 0 aliphatic carbocycles. The van der Waals surface area contributed by atoms with E-state index in [1.54, 1.807) is 7.11 Å². The highest BCUT2D eigenvalue weighted by molar-refractivity contribution is 5.55. The van der Waals surface area contributed by atoms with Gasteiger partial charge in [-0.05, 0) is 37.9 Å². The fourth-order valence-electron chi connectivity index (χ4n) is 2.57. The molecule has 2 aliphatic heterocycles. The molecule has 0 saturated carbocycles. The van der Waals surface area contributed by atoms with E-state index in [1.807, 2.05) is 12.1 Å². The average Bonchev–Trinajstić information content (AvgIpc) is 2.99. The van der Waals surface area contributed by atoms with E-state index in [-0.39, 0.29) is 0 Å². The number of hydrogen-bond acceptors (Lipinski definition) is 4. The van der Waals surface area contributed by atoms with Gasteiger partial charge in [0.05, 0.1) is 7.11 Å². The van der Waals surface area contributed by atoms with Crippen molar-refractivity contribution in [3.63, 3.8) is 0 Å². The van der Waals surface area contributed by atoms with E-state index in [0.717, 1.165) is 35.8 Å². The molecule has 3 rings (SSSR count). The van der Waals surface area contributed by atoms with Crippen molar-refractivity contribution in [1.29, 1.82) is 0 Å². The van der Waals surface area contributed by atoms with Crippen LogP contribution < -0.4 is 19.5 Å². The van der Waals surface area contributed by atoms with Crippen molar-refractivity contribution in [2.75, 3.05) is 20.4 Å². The molecule has 0 spiro atoms. The molecule has 1 atom stereocenters. The van der Waals surface area contributed by atoms with Crippen LogP contribution in [0.4, 0.5) is 0 Å². The summed E-state index contributed by atoms with van der Waals surface area (Å²) in [4.78, 5) is 0. The van der Waals surface area contributed by atoms with Crippen LogP contribution in [0.3, 0.4) is 0 Å². The largest absolute Gasteiger partial charge is 0.496 e. The second-order valence-electron chi connectivity index (χ2n) is 4.48. The van der Waals surface area contributed by atoms with Gasteiger partial charge in [0.15, 0.2) is 11.5 Å². The summed E-state index contributed by atoms with van der Waals surface area (Å²) in [5.74, 6) is 2.58. The minimum atomic E-state index is 0.313. The third kappa shape index (κ3) is 1.93. The normalized spacial score (nSPS) is 21.8. The molecule has 0 bridgehead atoms. The number of hydrogen-bond donors (Lipinski definition) is 1. The predicted molar refractivity (Wildman–Crippen MR) is 63.8 cm³/mol. The van der Waals surface area contributed by atoms with Crippen LogP contribution in [-0.4, -0.2) is 26.5 Å². The lowest BCUT2D eigenvalue weighted by molar-refractivity contribution is 0.173. The Hall–Kier alpha value is -1.42. The van der Waals surface area contributed by atoms with Crippen molar-refractivity contribution in [2.24, 2.45) is 0 Å². The third-order valence-electron chi connectivity index (χ3n) is 3.43. The Balaban J connectivity index is 1.92. The quantitative estimate of drug-likeness (QED) is 0.866. The summed E-state index contributed by atoms with van der Waals surface area (Å²) in [5.41, 5.74) is 1.13. The second-order valence-corrected chi connectivity index (χ2v) is 4.48. The third-order valence-corrected chi connectivity index (χ3v) is 3.43. The van der Waals surface area contributed by atoms with Gasteiger partial charge in [0.1, 0.15) is 5.75 Å². The highest BCUT2D eigenvalue weighted by Crippen LogP contribution is 2.41. The Bertz CT molecular complexity index is 413. The number of ether oxygens (including phenoxy) is 3. The summed E-state index contributed by atoms with van der Waals surface area (Å²) in [6.07, 6.45) is 3.41. The van der Waals surface area contributed by atoms with Gasteiger partial charge < -0.3 is 19.5 Å². The van der Waals surface area contributed by atoms with Crippen LogP contribution in [0.2, 0.25) is 0 Å². The van der Waals surface area contributed by atoms with Crippen LogP contribution in [0.15, 0.2) is 12.1 Å². The van der Waals surface area contributed by atoms with Crippen molar-refractivity contribution in [3.8, 4) is 17.2 Å². The van der Waals surface area contributed by atoms with Crippen molar-refractivity contribution in [2.45, 2.75) is 25.3 Å². The highest BCUT2D eigenvalue weighted by Gasteiger charge is 2.25. The monoisotopic (exact) mass is 235 g/mol. The molecule has 0 radical (unpaired) electrons. The van der Waals surface area contributed by atoms with Gasteiger partial charge in [-0.1, -0.05) is 0 Å². The molecule has 4 heteroatoms. The Kier molecular flexibility index (Phi) is 2.81. The van der Waals surface area contributed by atoms with Gasteiger partial charge in [-0.2, -0.15) is 0 Å². The van der Waals surface area contributed by atoms with Crippen LogP contribution in [-0.2, 0) is 6.42 Å². The molecule has 4 nitrogen and oxygen atoms in total. The van der Waals surface area contributed by atoms with E-state index in [4.69, 9.17) is 14.2 Å². The summed E-state index contributed by atoms with van der Waals surface area (Å²) in [5, 5.41) is 3.50. The van der Waals surface area contributed by atoms with Gasteiger partial charge >= 0.3 is 0 Å². The van der Waals surface area contributed by atoms with Crippen LogP contribution in [0.1, 0.15) is 18.4 Å². The standard InChI is InChI=1S/C13H17NO3/c1-15-11-4-5-12-13(17-8-16-12)10(11)7-9-3-2-6-14-9/h4-5,9,14H,2-3,6-8H2,1H3. The molecule has 92 valence electrons. The zero-order valence-corrected chi connectivity index (χ0v) is 9.99. The van der Waals surface area contributed by atoms with Crippen LogP contribution >= 0.6 is 0 Å². The SMILES string of the molecule is COc1ccc2c(c1CC1CCCN1)OCO2. The Morgan fingerprint density at radius 1 is 1.41 bits per heavy atom. The highest BCUT2D eigenvalue weighted by atomic mass is 16.7. The first-order valence-corrected chi connectivity index (χ1v) is 6.07. The van der Waals surface area contributed by atoms with E-state index in [0.29, 0.717) is 12.8 Å². The van der Waals surface area contributed by atoms with Crippen molar-refractivity contribution < 1.29 is 14.2 Å². The van der Waals surface area contributed by atoms with Crippen LogP contribution in [0.25, 0.3) is 0 Å². The van der Waals surface area contributed by atoms with Crippen LogP contribution in [0.5, 0.6) is 17.2 Å². The van der Waals surface area contributed by atoms with Crippen molar-refractivity contribution >= 4 is 0 Å². The van der Waals surface area contributed by atoms with E-state index in [9.17, 15) is 0 Å². The van der Waals surface area contributed by atoms with E-state index in [1.165, 1.54) is 12.8 Å². The lowest BCUT2D eigenvalue weighted by atomic mass is 10.0. The fraction of sp³-hybridized carbons (Fsp3) is 0.538. The van der Waals surface area contributed by atoms with E-state index >= 15 is 0 Å². The first-order valence-electron chi connectivity index (χ1n) is 6.07. The first kappa shape index (κ1) is 10.7. The average molecular weight is 235 g/mol. The molecule has 1 fully saturated rings. The minimum Gasteiger partial charge on any atom is -0.496 e. The summed E-state index contributed by atoms with van der Waals surface area (Å²) in [7, 11) is 1.70. The maximum Gasteiger partial charge on any atom is 0.231 e. The molecule has 2 heterocycles. The number of fused-ring (bicyclic) bond motifs is 1. The molecule has 1 saturated heterocycles. The minimum absolute atomic E-state index is 0.313. The van der Waals surface area contributed by atoms with Gasteiger partial charge in [0.2, 0.25) is 6.79 Å². The fourth-order valence-corrected chi connectivity index (χ4v) is 2.57. The molecular formula is C13H17NO3. The first-order chi connectivity index (χ1) is 8.38. The van der Waals surface area contributed by atoms with E-state index < -0.39 is 0 Å². The second kappa shape index (κ2) is 4.45. The van der Waals surface area contributed by atoms with Gasteiger partial charge in [-0.25, -0.2) is 0 Å². The molecule has 1 aromatic carbocycles. The Labute approximate surface area is 101 Å². The maximum atomic E-state index is 5.55. The smallest absolute Gasteiger partial charge is 0.231 e. The number of nitrogens with one attached hydrogen (secondary N) is 1. The molecule has 0 aromatic heterocycles. The van der Waals surface area contributed by atoms with Gasteiger partial charge in [0, 0.05) is 11.6 Å². The van der Waals surface area contributed by atoms with Crippen LogP contribution in [0, 0.1) is 0 Å². The summed E-state index contributed by atoms with van der Waals surface area (Å²) < 4.78 is 16.4. The molecule has 2 aliphatic rings. The molecule has 1 unspecified atom stereocenters. The lowest BCUT2D eigenvalue weighted by Crippen LogP contribution is -2.24. The van der Waals surface area contributed by atoms with E-state index in [2.05, 4.69) is 5.32 Å². The van der Waals surface area contributed by atoms with Gasteiger partial charge in [0.25, 0.3) is 0 Å². The Morgan fingerprint density at radius 2 is 2.35 bits per heavy atom. The zero-order valence-electron chi connectivity index (χ0n) is 9.99. The van der Waals surface area contributed by atoms with Crippen molar-refractivity contribution in [1.82, 2.24) is 5.32 Å². The zero-order chi connectivity index (χ0) is 11.7. The molecule has 0 amide bonds. The Morgan fingerprint density at radius 3 is 3.12 bits per heavy atom. The van der Waals surface area contributed by atoms with Gasteiger partial charge in [-0.3, -0.25) is 0 Å². The summed E-state index contributed by atoms with van der Waals surface area (Å²) in [6.45, 7) is 1.42. The number of rotatable bonds is 3. The van der Waals surface area contributed by atoms with Gasteiger partial charge in [-0.15, -0.1) is 0 Å². The van der Waals surface area contributed by atoms with Crippen molar-refractivity contribution in [3.05, 3.63) is 17.7 Å². The molecule has 1 N–H and O–H groups in total. The summed E-state index contributed by atoms with van der Waals surface area (Å²) >= 11 is 0. The number of methoxy groups -OCH3 is 1. The molecule has 17 heavy (non-hydrogen) atoms. The summed E-state index contributed by atoms with van der Waals surface area (Å²) in [6, 6.07) is 4.39. The maximum absolute atomic E-state index is 5.55. The topological polar surface area (TPSA) is 39.7 Å². The predicted octanol–water partition coefficient (Wildman–Crippen LogP) is 1.72. The number of benzene rings is 1. The molecule has 1 aromatic rings. The molecular weight excluding hydrogens is 218 g/mol. The lowest BCUT2D eigenvalue weighted by Gasteiger charge is -2.15.